The Labute approximate surface area is 409 Å². The number of carbonyl (C=O) groups is 2. The van der Waals surface area contributed by atoms with Crippen molar-refractivity contribution >= 4 is 74.6 Å². The summed E-state index contributed by atoms with van der Waals surface area (Å²) in [7, 11) is 8.44. The van der Waals surface area contributed by atoms with Crippen LogP contribution in [0.15, 0.2) is 45.8 Å². The van der Waals surface area contributed by atoms with Crippen LogP contribution in [0.5, 0.6) is 0 Å². The smallest absolute Gasteiger partial charge is 0.410 e. The molecule has 0 aliphatic carbocycles. The molecule has 2 aromatic heterocycles. The first-order valence-corrected chi connectivity index (χ1v) is 25.4. The molecule has 0 N–H and O–H groups in total. The van der Waals surface area contributed by atoms with Crippen LogP contribution < -0.4 is 0 Å². The average Bonchev–Trinajstić information content (AvgIpc) is 3.93. The van der Waals surface area contributed by atoms with Gasteiger partial charge in [0, 0.05) is 85.1 Å². The molecule has 6 rings (SSSR count). The zero-order valence-electron chi connectivity index (χ0n) is 42.5. The number of hydrogen-bond acceptors (Lipinski definition) is 10. The van der Waals surface area contributed by atoms with Gasteiger partial charge in [0.2, 0.25) is 0 Å². The van der Waals surface area contributed by atoms with Crippen LogP contribution in [0, 0.1) is 10.8 Å². The number of rotatable bonds is 10. The number of aromatic nitrogens is 4. The van der Waals surface area contributed by atoms with Crippen molar-refractivity contribution in [3.8, 4) is 0 Å². The first-order valence-electron chi connectivity index (χ1n) is 23.2. The normalized spacial score (nSPS) is 17.2. The van der Waals surface area contributed by atoms with Gasteiger partial charge in [0.05, 0.1) is 22.1 Å². The number of nitrogens with zero attached hydrogens (tertiary/aromatic N) is 8. The molecule has 0 spiro atoms. The Morgan fingerprint density at radius 1 is 0.692 bits per heavy atom. The summed E-state index contributed by atoms with van der Waals surface area (Å²) in [5.41, 5.74) is 4.16. The Kier molecular flexibility index (Phi) is 19.2. The number of likely N-dealkylation sites (N-methyl/N-ethyl adjacent to an activating group) is 2. The van der Waals surface area contributed by atoms with Gasteiger partial charge >= 0.3 is 12.2 Å². The van der Waals surface area contributed by atoms with E-state index in [1.807, 2.05) is 58.2 Å². The van der Waals surface area contributed by atoms with Gasteiger partial charge in [-0.2, -0.15) is 12.6 Å². The summed E-state index contributed by atoms with van der Waals surface area (Å²) in [5.74, 6) is 2.35. The fraction of sp³-hybridized carbons (Fsp3) is 0.680. The van der Waals surface area contributed by atoms with Crippen molar-refractivity contribution in [2.75, 3.05) is 67.5 Å². The highest BCUT2D eigenvalue weighted by Gasteiger charge is 2.31. The second-order valence-electron chi connectivity index (χ2n) is 22.5. The molecule has 0 saturated carbocycles. The van der Waals surface area contributed by atoms with E-state index >= 15 is 0 Å². The molecule has 2 saturated heterocycles. The number of thioether (sulfide) groups is 1. The average molecular weight is 1000 g/mol. The molecule has 2 aliphatic rings. The standard InChI is InChI=1S/C25H40N4O2S.C16H24BrN3.C9H17NO2S/c1-24(2,3)16-22-26-20-15-18(9-10-21(20)29(22)14-13-27(7)8)32-19-11-12-28(17-19)23(30)31-25(4,5)6;1-16(2,3)11-15-18-13-10-12(17)6-7-14(13)20(15)9-8-19(4)5;1-9(2,3)12-8(11)10-5-4-7(13)6-10/h9-10,15,19H,11-14,16-17H2,1-8H3;6-7,10H,8-9,11H2,1-5H3;7,13H,4-6H2,1-3H3/t19-;;7-/m0.0/s1. The summed E-state index contributed by atoms with van der Waals surface area (Å²) in [4.78, 5) is 42.9. The summed E-state index contributed by atoms with van der Waals surface area (Å²) in [6.07, 6.45) is 3.46. The van der Waals surface area contributed by atoms with Crippen LogP contribution in [0.1, 0.15) is 108 Å². The quantitative estimate of drug-likeness (QED) is 0.156. The largest absolute Gasteiger partial charge is 0.444 e. The number of halogens is 1. The third kappa shape index (κ3) is 18.6. The predicted molar refractivity (Wildman–Crippen MR) is 278 cm³/mol. The molecule has 0 unspecified atom stereocenters. The lowest BCUT2D eigenvalue weighted by molar-refractivity contribution is 0.0285. The summed E-state index contributed by atoms with van der Waals surface area (Å²) in [6, 6.07) is 13.0. The SMILES string of the molecule is CC(C)(C)OC(=O)N1CC[C@H](S)C1.CN(C)CCn1c(CC(C)(C)C)nc2cc(Br)ccc21.CN(C)CCn1c(CC(C)(C)C)nc2cc(S[C@H]3CCN(C(=O)OC(C)(C)C)C3)ccc21. The van der Waals surface area contributed by atoms with Crippen LogP contribution in [0.3, 0.4) is 0 Å². The summed E-state index contributed by atoms with van der Waals surface area (Å²) in [6.45, 7) is 31.8. The molecule has 2 amide bonds. The van der Waals surface area contributed by atoms with Crippen molar-refractivity contribution in [2.45, 2.75) is 148 Å². The molecule has 2 aromatic carbocycles. The van der Waals surface area contributed by atoms with E-state index < -0.39 is 11.2 Å². The van der Waals surface area contributed by atoms with Crippen LogP contribution >= 0.6 is 40.3 Å². The topological polar surface area (TPSA) is 101 Å². The maximum absolute atomic E-state index is 12.4. The molecule has 2 fully saturated rings. The Balaban J connectivity index is 0.000000238. The number of carbonyl (C=O) groups excluding carboxylic acids is 2. The number of benzene rings is 2. The fourth-order valence-electron chi connectivity index (χ4n) is 7.45. The highest BCUT2D eigenvalue weighted by Crippen LogP contribution is 2.34. The van der Waals surface area contributed by atoms with Crippen LogP contribution in [0.2, 0.25) is 0 Å². The van der Waals surface area contributed by atoms with Gasteiger partial charge in [-0.05, 0) is 130 Å². The number of hydrogen-bond donors (Lipinski definition) is 1. The second-order valence-corrected chi connectivity index (χ2v) is 25.6. The summed E-state index contributed by atoms with van der Waals surface area (Å²) in [5, 5.41) is 0.692. The minimum atomic E-state index is -0.455. The van der Waals surface area contributed by atoms with Crippen molar-refractivity contribution in [2.24, 2.45) is 10.8 Å². The number of imidazole rings is 2. The van der Waals surface area contributed by atoms with Gasteiger partial charge in [0.15, 0.2) is 0 Å². The van der Waals surface area contributed by atoms with E-state index in [-0.39, 0.29) is 23.0 Å². The maximum Gasteiger partial charge on any atom is 0.410 e. The van der Waals surface area contributed by atoms with Gasteiger partial charge in [-0.15, -0.1) is 11.8 Å². The predicted octanol–water partition coefficient (Wildman–Crippen LogP) is 11.2. The molecule has 4 heterocycles. The number of thiol groups is 1. The lowest BCUT2D eigenvalue weighted by Crippen LogP contribution is -2.35. The van der Waals surface area contributed by atoms with Gasteiger partial charge < -0.3 is 38.2 Å². The van der Waals surface area contributed by atoms with Crippen molar-refractivity contribution < 1.29 is 19.1 Å². The molecule has 0 radical (unpaired) electrons. The van der Waals surface area contributed by atoms with Gasteiger partial charge in [-0.3, -0.25) is 0 Å². The van der Waals surface area contributed by atoms with Crippen LogP contribution in [-0.2, 0) is 35.4 Å². The van der Waals surface area contributed by atoms with Gasteiger partial charge in [0.1, 0.15) is 22.9 Å². The van der Waals surface area contributed by atoms with E-state index in [2.05, 4.69) is 154 Å². The van der Waals surface area contributed by atoms with E-state index in [4.69, 9.17) is 19.4 Å². The Morgan fingerprint density at radius 3 is 1.57 bits per heavy atom. The third-order valence-corrected chi connectivity index (χ3v) is 12.6. The van der Waals surface area contributed by atoms with Crippen molar-refractivity contribution in [3.05, 3.63) is 52.5 Å². The molecule has 2 atom stereocenters. The Morgan fingerprint density at radius 2 is 1.14 bits per heavy atom. The van der Waals surface area contributed by atoms with Crippen molar-refractivity contribution in [1.29, 1.82) is 0 Å². The van der Waals surface area contributed by atoms with Gasteiger partial charge in [-0.1, -0.05) is 57.5 Å². The molecule has 0 bridgehead atoms. The van der Waals surface area contributed by atoms with Crippen LogP contribution in [0.25, 0.3) is 22.1 Å². The highest BCUT2D eigenvalue weighted by molar-refractivity contribution is 9.10. The summed E-state index contributed by atoms with van der Waals surface area (Å²) >= 11 is 9.69. The lowest BCUT2D eigenvalue weighted by Gasteiger charge is -2.24. The van der Waals surface area contributed by atoms with Gasteiger partial charge in [0.25, 0.3) is 0 Å². The molecular formula is C50H81BrN8O4S2. The van der Waals surface area contributed by atoms with E-state index in [9.17, 15) is 9.59 Å². The molecular weight excluding hydrogens is 921 g/mol. The summed E-state index contributed by atoms with van der Waals surface area (Å²) < 4.78 is 16.6. The Hall–Kier alpha value is -2.98. The number of ether oxygens (including phenoxy) is 2. The van der Waals surface area contributed by atoms with Gasteiger partial charge in [-0.25, -0.2) is 19.6 Å². The number of fused-ring (bicyclic) bond motifs is 2. The monoisotopic (exact) mass is 1000 g/mol. The van der Waals surface area contributed by atoms with E-state index in [0.717, 1.165) is 92.8 Å². The fourth-order valence-corrected chi connectivity index (χ4v) is 9.30. The molecule has 65 heavy (non-hydrogen) atoms. The second kappa shape index (κ2) is 22.9. The maximum atomic E-state index is 12.4. The lowest BCUT2D eigenvalue weighted by atomic mass is 9.92. The highest BCUT2D eigenvalue weighted by atomic mass is 79.9. The van der Waals surface area contributed by atoms with Crippen LogP contribution in [0.4, 0.5) is 9.59 Å². The molecule has 364 valence electrons. The zero-order valence-corrected chi connectivity index (χ0v) is 45.8. The molecule has 4 aromatic rings. The van der Waals surface area contributed by atoms with E-state index in [1.54, 1.807) is 4.90 Å². The van der Waals surface area contributed by atoms with Crippen molar-refractivity contribution in [1.82, 2.24) is 38.7 Å². The first kappa shape index (κ1) is 54.6. The number of amides is 2. The van der Waals surface area contributed by atoms with Crippen molar-refractivity contribution in [3.63, 3.8) is 0 Å². The third-order valence-electron chi connectivity index (χ3n) is 10.4. The van der Waals surface area contributed by atoms with E-state index in [0.29, 0.717) is 17.0 Å². The minimum Gasteiger partial charge on any atom is -0.444 e. The molecule has 15 heteroatoms. The molecule has 12 nitrogen and oxygen atoms in total. The Bertz CT molecular complexity index is 2180. The first-order chi connectivity index (χ1) is 29.9. The minimum absolute atomic E-state index is 0.184. The molecule has 2 aliphatic heterocycles. The zero-order chi connectivity index (χ0) is 48.7. The number of likely N-dealkylation sites (tertiary alicyclic amines) is 2. The van der Waals surface area contributed by atoms with Crippen LogP contribution in [-0.4, -0.2) is 140 Å². The van der Waals surface area contributed by atoms with E-state index in [1.165, 1.54) is 21.8 Å².